The number of rotatable bonds is 6. The molecule has 1 N–H and O–H groups in total. The maximum atomic E-state index is 13.3. The first-order valence-electron chi connectivity index (χ1n) is 9.31. The Morgan fingerprint density at radius 2 is 2.00 bits per heavy atom. The van der Waals surface area contributed by atoms with Gasteiger partial charge in [0, 0.05) is 31.6 Å². The van der Waals surface area contributed by atoms with E-state index in [4.69, 9.17) is 4.74 Å². The minimum atomic E-state index is -4.52. The fraction of sp³-hybridized carbons (Fsp3) is 0.722. The number of halogens is 3. The summed E-state index contributed by atoms with van der Waals surface area (Å²) in [7, 11) is 1.36. The van der Waals surface area contributed by atoms with E-state index < -0.39 is 11.9 Å². The molecule has 0 spiro atoms. The van der Waals surface area contributed by atoms with Gasteiger partial charge in [-0.1, -0.05) is 0 Å². The van der Waals surface area contributed by atoms with Gasteiger partial charge in [-0.05, 0) is 43.4 Å². The number of piperidine rings is 1. The van der Waals surface area contributed by atoms with Crippen molar-refractivity contribution in [3.63, 3.8) is 0 Å². The van der Waals surface area contributed by atoms with Gasteiger partial charge in [-0.15, -0.1) is 0 Å². The van der Waals surface area contributed by atoms with Crippen molar-refractivity contribution in [3.8, 4) is 0 Å². The van der Waals surface area contributed by atoms with Gasteiger partial charge in [-0.2, -0.15) is 18.2 Å². The maximum absolute atomic E-state index is 13.3. The fourth-order valence-electron chi connectivity index (χ4n) is 4.14. The van der Waals surface area contributed by atoms with Crippen LogP contribution >= 0.6 is 0 Å². The zero-order valence-corrected chi connectivity index (χ0v) is 15.3. The number of alkyl halides is 3. The summed E-state index contributed by atoms with van der Waals surface area (Å²) in [6.45, 7) is 3.17. The third kappa shape index (κ3) is 3.82. The van der Waals surface area contributed by atoms with Crippen LogP contribution in [0.15, 0.2) is 6.07 Å². The summed E-state index contributed by atoms with van der Waals surface area (Å²) in [5.74, 6) is 1.47. The number of nitrogens with one attached hydrogen (secondary N) is 1. The summed E-state index contributed by atoms with van der Waals surface area (Å²) in [6.07, 6.45) is -1.98. The Kier molecular flexibility index (Phi) is 4.43. The number of fused-ring (bicyclic) bond motifs is 1. The molecule has 0 aromatic carbocycles. The largest absolute Gasteiger partial charge is 0.469 e. The van der Waals surface area contributed by atoms with Crippen molar-refractivity contribution in [2.24, 2.45) is 23.7 Å². The monoisotopic (exact) mass is 384 g/mol. The first-order valence-corrected chi connectivity index (χ1v) is 9.31. The number of ether oxygens (including phenoxy) is 1. The van der Waals surface area contributed by atoms with Gasteiger partial charge in [0.25, 0.3) is 0 Å². The van der Waals surface area contributed by atoms with Crippen LogP contribution in [-0.2, 0) is 15.7 Å². The molecule has 4 atom stereocenters. The van der Waals surface area contributed by atoms with Crippen molar-refractivity contribution in [2.75, 3.05) is 30.4 Å². The molecule has 0 radical (unpaired) electrons. The Hall–Kier alpha value is -2.06. The topological polar surface area (TPSA) is 67.3 Å². The summed E-state index contributed by atoms with van der Waals surface area (Å²) in [4.78, 5) is 21.3. The summed E-state index contributed by atoms with van der Waals surface area (Å²) < 4.78 is 44.6. The third-order valence-corrected chi connectivity index (χ3v) is 6.01. The SMILES string of the molecule is COC(=O)C[C@@H]1[C@H]2CN(c3cc(C(F)(F)F)nc(N[C@@H](C)C4CC4)n3)C[C@@H]12. The van der Waals surface area contributed by atoms with Gasteiger partial charge in [0.05, 0.1) is 7.11 Å². The average Bonchev–Trinajstić information content (AvgIpc) is 3.52. The second kappa shape index (κ2) is 6.53. The second-order valence-electron chi connectivity index (χ2n) is 7.88. The van der Waals surface area contributed by atoms with E-state index in [1.165, 1.54) is 7.11 Å². The highest BCUT2D eigenvalue weighted by molar-refractivity contribution is 5.70. The molecule has 1 saturated heterocycles. The van der Waals surface area contributed by atoms with Crippen LogP contribution in [0.25, 0.3) is 0 Å². The molecule has 0 bridgehead atoms. The predicted octanol–water partition coefficient (Wildman–Crippen LogP) is 2.95. The molecule has 2 saturated carbocycles. The van der Waals surface area contributed by atoms with Gasteiger partial charge in [0.1, 0.15) is 5.82 Å². The lowest BCUT2D eigenvalue weighted by Crippen LogP contribution is -2.28. The molecule has 1 aromatic rings. The Morgan fingerprint density at radius 3 is 2.56 bits per heavy atom. The van der Waals surface area contributed by atoms with E-state index in [0.29, 0.717) is 43.1 Å². The zero-order chi connectivity index (χ0) is 19.3. The van der Waals surface area contributed by atoms with Crippen LogP contribution in [0.3, 0.4) is 0 Å². The van der Waals surface area contributed by atoms with E-state index in [2.05, 4.69) is 15.3 Å². The Bertz CT molecular complexity index is 726. The van der Waals surface area contributed by atoms with Crippen LogP contribution in [0, 0.1) is 23.7 Å². The molecule has 2 heterocycles. The van der Waals surface area contributed by atoms with Gasteiger partial charge >= 0.3 is 12.1 Å². The van der Waals surface area contributed by atoms with Crippen molar-refractivity contribution in [2.45, 2.75) is 38.4 Å². The Morgan fingerprint density at radius 1 is 1.33 bits per heavy atom. The van der Waals surface area contributed by atoms with E-state index in [0.717, 1.165) is 18.9 Å². The van der Waals surface area contributed by atoms with E-state index in [1.807, 2.05) is 11.8 Å². The quantitative estimate of drug-likeness (QED) is 0.761. The van der Waals surface area contributed by atoms with Crippen LogP contribution in [-0.4, -0.2) is 42.2 Å². The number of esters is 1. The van der Waals surface area contributed by atoms with Crippen molar-refractivity contribution in [1.82, 2.24) is 9.97 Å². The number of nitrogens with zero attached hydrogens (tertiary/aromatic N) is 3. The fourth-order valence-corrected chi connectivity index (χ4v) is 4.14. The Labute approximate surface area is 155 Å². The van der Waals surface area contributed by atoms with Gasteiger partial charge in [-0.25, -0.2) is 4.98 Å². The summed E-state index contributed by atoms with van der Waals surface area (Å²) in [5.41, 5.74) is -0.926. The molecule has 2 aliphatic carbocycles. The minimum Gasteiger partial charge on any atom is -0.469 e. The standard InChI is InChI=1S/C18H23F3N4O2/c1-9(10-3-4-10)22-17-23-14(18(19,20)21)6-15(24-17)25-7-12-11(13(12)8-25)5-16(26)27-2/h6,9-13H,3-5,7-8H2,1-2H3,(H,22,23,24)/t9-,11-,12-,13+/m0/s1. The molecule has 27 heavy (non-hydrogen) atoms. The van der Waals surface area contributed by atoms with Crippen LogP contribution in [0.5, 0.6) is 0 Å². The van der Waals surface area contributed by atoms with Crippen LogP contribution in [0.4, 0.5) is 24.9 Å². The number of carbonyl (C=O) groups excluding carboxylic acids is 1. The van der Waals surface area contributed by atoms with Crippen molar-refractivity contribution in [1.29, 1.82) is 0 Å². The van der Waals surface area contributed by atoms with Crippen molar-refractivity contribution in [3.05, 3.63) is 11.8 Å². The molecular formula is C18H23F3N4O2. The van der Waals surface area contributed by atoms with Gasteiger partial charge in [0.15, 0.2) is 5.69 Å². The van der Waals surface area contributed by atoms with Crippen molar-refractivity contribution >= 4 is 17.7 Å². The van der Waals surface area contributed by atoms with Crippen LogP contribution in [0.2, 0.25) is 0 Å². The number of hydrogen-bond acceptors (Lipinski definition) is 6. The zero-order valence-electron chi connectivity index (χ0n) is 15.3. The number of aromatic nitrogens is 2. The molecule has 0 amide bonds. The maximum Gasteiger partial charge on any atom is 0.433 e. The highest BCUT2D eigenvalue weighted by Gasteiger charge is 2.56. The lowest BCUT2D eigenvalue weighted by Gasteiger charge is -2.23. The molecule has 0 unspecified atom stereocenters. The molecule has 1 aliphatic heterocycles. The van der Waals surface area contributed by atoms with Crippen molar-refractivity contribution < 1.29 is 22.7 Å². The minimum absolute atomic E-state index is 0.0332. The molecular weight excluding hydrogens is 361 g/mol. The van der Waals surface area contributed by atoms with Gasteiger partial charge in [-0.3, -0.25) is 4.79 Å². The molecule has 3 fully saturated rings. The van der Waals surface area contributed by atoms with Crippen LogP contribution in [0.1, 0.15) is 31.9 Å². The average molecular weight is 384 g/mol. The highest BCUT2D eigenvalue weighted by atomic mass is 19.4. The number of methoxy groups -OCH3 is 1. The number of hydrogen-bond donors (Lipinski definition) is 1. The molecule has 6 nitrogen and oxygen atoms in total. The van der Waals surface area contributed by atoms with Gasteiger partial charge in [0.2, 0.25) is 5.95 Å². The van der Waals surface area contributed by atoms with E-state index in [1.54, 1.807) is 0 Å². The van der Waals surface area contributed by atoms with Gasteiger partial charge < -0.3 is 15.0 Å². The molecule has 1 aromatic heterocycles. The van der Waals surface area contributed by atoms with Crippen LogP contribution < -0.4 is 10.2 Å². The summed E-state index contributed by atoms with van der Waals surface area (Å²) in [5, 5.41) is 3.04. The molecule has 4 rings (SSSR count). The number of carbonyl (C=O) groups is 1. The normalized spacial score (nSPS) is 27.9. The van der Waals surface area contributed by atoms with E-state index in [-0.39, 0.29) is 23.9 Å². The molecule has 148 valence electrons. The smallest absolute Gasteiger partial charge is 0.433 e. The summed E-state index contributed by atoms with van der Waals surface area (Å²) in [6, 6.07) is 1.07. The third-order valence-electron chi connectivity index (χ3n) is 6.01. The van der Waals surface area contributed by atoms with E-state index >= 15 is 0 Å². The molecule has 3 aliphatic rings. The Balaban J connectivity index is 1.48. The first kappa shape index (κ1) is 18.3. The second-order valence-corrected chi connectivity index (χ2v) is 7.88. The first-order chi connectivity index (χ1) is 12.8. The lowest BCUT2D eigenvalue weighted by atomic mass is 10.2. The number of anilines is 2. The lowest BCUT2D eigenvalue weighted by molar-refractivity contribution is -0.142. The van der Waals surface area contributed by atoms with E-state index in [9.17, 15) is 18.0 Å². The molecule has 9 heteroatoms. The summed E-state index contributed by atoms with van der Waals surface area (Å²) >= 11 is 0. The predicted molar refractivity (Wildman–Crippen MR) is 92.2 cm³/mol. The highest BCUT2D eigenvalue weighted by Crippen LogP contribution is 2.54.